The molecule has 19 nitrogen and oxygen atoms in total. The monoisotopic (exact) mass is 979 g/mol. The molecule has 1 aromatic carbocycles. The summed E-state index contributed by atoms with van der Waals surface area (Å²) in [6, 6.07) is 6.45. The number of methoxy groups -OCH3 is 1. The van der Waals surface area contributed by atoms with Gasteiger partial charge < -0.3 is 68.4 Å². The number of likely N-dealkylation sites (N-methyl/N-ethyl adjacent to an activating group) is 2. The number of fused-ring (bicyclic) bond motifs is 1. The number of alkyl carbamates (subject to hydrolysis) is 1. The van der Waals surface area contributed by atoms with E-state index in [1.165, 1.54) is 7.11 Å². The van der Waals surface area contributed by atoms with Crippen LogP contribution < -0.4 is 10.6 Å². The van der Waals surface area contributed by atoms with E-state index in [-0.39, 0.29) is 56.3 Å². The number of ether oxygens (including phenoxy) is 9. The molecule has 0 aliphatic carbocycles. The highest BCUT2D eigenvalue weighted by atomic mass is 16.8. The summed E-state index contributed by atoms with van der Waals surface area (Å²) in [5.41, 5.74) is -2.62. The zero-order valence-corrected chi connectivity index (χ0v) is 43.5. The van der Waals surface area contributed by atoms with Gasteiger partial charge >= 0.3 is 18.2 Å². The fraction of sp³-hybridized carbons (Fsp3) is 0.800. The number of esters is 1. The highest BCUT2D eigenvalue weighted by Gasteiger charge is 2.58. The van der Waals surface area contributed by atoms with Crippen molar-refractivity contribution in [1.82, 2.24) is 20.4 Å². The van der Waals surface area contributed by atoms with Crippen LogP contribution in [0.25, 0.3) is 0 Å². The molecule has 0 spiro atoms. The normalized spacial score (nSPS) is 40.6. The maximum atomic E-state index is 14.7. The first-order chi connectivity index (χ1) is 32.2. The molecule has 4 aliphatic rings. The number of aliphatic hydroxyl groups is 2. The number of hydrogen-bond donors (Lipinski definition) is 4. The first kappa shape index (κ1) is 56.3. The van der Waals surface area contributed by atoms with Gasteiger partial charge in [-0.3, -0.25) is 14.5 Å². The zero-order chi connectivity index (χ0) is 51.3. The molecular weight excluding hydrogens is 897 g/mol. The van der Waals surface area contributed by atoms with Crippen LogP contribution in [-0.4, -0.2) is 182 Å². The minimum absolute atomic E-state index is 0.0314. The molecule has 69 heavy (non-hydrogen) atoms. The summed E-state index contributed by atoms with van der Waals surface area (Å²) in [6.07, 6.45) is -9.83. The summed E-state index contributed by atoms with van der Waals surface area (Å²) < 4.78 is 56.5. The van der Waals surface area contributed by atoms with Gasteiger partial charge in [-0.05, 0) is 114 Å². The van der Waals surface area contributed by atoms with Crippen molar-refractivity contribution in [2.24, 2.45) is 17.8 Å². The van der Waals surface area contributed by atoms with Crippen molar-refractivity contribution < 1.29 is 72.0 Å². The van der Waals surface area contributed by atoms with Crippen LogP contribution in [0, 0.1) is 24.7 Å². The summed E-state index contributed by atoms with van der Waals surface area (Å²) >= 11 is 0. The van der Waals surface area contributed by atoms with Crippen LogP contribution in [0.1, 0.15) is 111 Å². The van der Waals surface area contributed by atoms with Crippen molar-refractivity contribution in [3.63, 3.8) is 0 Å². The number of carbonyl (C=O) groups excluding carboxylic acids is 4. The summed E-state index contributed by atoms with van der Waals surface area (Å²) in [6.45, 7) is 20.7. The van der Waals surface area contributed by atoms with Gasteiger partial charge in [-0.1, -0.05) is 38.5 Å². The summed E-state index contributed by atoms with van der Waals surface area (Å²) in [4.78, 5) is 57.4. The van der Waals surface area contributed by atoms with Crippen molar-refractivity contribution in [2.45, 2.75) is 192 Å². The highest BCUT2D eigenvalue weighted by Crippen LogP contribution is 2.42. The van der Waals surface area contributed by atoms with Crippen LogP contribution in [0.2, 0.25) is 0 Å². The molecule has 4 heterocycles. The molecular formula is C50H82N4O15. The molecule has 0 radical (unpaired) electrons. The molecule has 18 atom stereocenters. The number of aliphatic hydroxyl groups excluding tert-OH is 1. The number of nitrogens with zero attached hydrogens (tertiary/aromatic N) is 2. The quantitative estimate of drug-likeness (QED) is 0.128. The van der Waals surface area contributed by atoms with Crippen molar-refractivity contribution in [3.05, 3.63) is 35.4 Å². The van der Waals surface area contributed by atoms with Gasteiger partial charge in [-0.15, -0.1) is 0 Å². The van der Waals surface area contributed by atoms with Crippen LogP contribution in [0.3, 0.4) is 0 Å². The lowest BCUT2D eigenvalue weighted by Gasteiger charge is -2.49. The fourth-order valence-electron chi connectivity index (χ4n) is 10.9. The van der Waals surface area contributed by atoms with Crippen molar-refractivity contribution >= 4 is 24.1 Å². The predicted molar refractivity (Wildman–Crippen MR) is 253 cm³/mol. The third-order valence-corrected chi connectivity index (χ3v) is 14.9. The molecule has 4 N–H and O–H groups in total. The second-order valence-electron chi connectivity index (χ2n) is 21.0. The van der Waals surface area contributed by atoms with E-state index in [0.29, 0.717) is 18.5 Å². The Kier molecular flexibility index (Phi) is 19.0. The molecule has 0 unspecified atom stereocenters. The number of amides is 2. The first-order valence-electron chi connectivity index (χ1n) is 24.6. The van der Waals surface area contributed by atoms with Crippen LogP contribution in [0.15, 0.2) is 24.3 Å². The van der Waals surface area contributed by atoms with Crippen molar-refractivity contribution in [2.75, 3.05) is 47.9 Å². The van der Waals surface area contributed by atoms with Gasteiger partial charge in [0.1, 0.15) is 17.8 Å². The largest absolute Gasteiger partial charge is 0.509 e. The van der Waals surface area contributed by atoms with Gasteiger partial charge in [0, 0.05) is 56.7 Å². The second-order valence-corrected chi connectivity index (χ2v) is 21.0. The number of hydrogen-bond acceptors (Lipinski definition) is 17. The lowest BCUT2D eigenvalue weighted by Crippen LogP contribution is -2.61. The second kappa shape index (κ2) is 23.3. The van der Waals surface area contributed by atoms with Crippen molar-refractivity contribution in [3.8, 4) is 0 Å². The summed E-state index contributed by atoms with van der Waals surface area (Å²) in [5, 5.41) is 30.0. The van der Waals surface area contributed by atoms with Gasteiger partial charge in [0.25, 0.3) is 5.91 Å². The Morgan fingerprint density at radius 2 is 1.58 bits per heavy atom. The minimum Gasteiger partial charge on any atom is -0.458 e. The Bertz CT molecular complexity index is 1890. The predicted octanol–water partition coefficient (Wildman–Crippen LogP) is 4.56. The molecule has 2 amide bonds. The summed E-state index contributed by atoms with van der Waals surface area (Å²) in [7, 11) is 7.15. The average Bonchev–Trinajstić information content (AvgIpc) is 3.59. The Labute approximate surface area is 408 Å². The molecule has 1 aromatic rings. The topological polar surface area (TPSA) is 222 Å². The van der Waals surface area contributed by atoms with Gasteiger partial charge in [-0.2, -0.15) is 0 Å². The standard InChI is InChI=1S/C50H82N4O15/c1-16-36-50(11)41(68-47(59)69-50)32(7)54(14)26-28(3)24-48(9,60)40(66-45-38(55)35(53(12)13)23-29(4)62-45)30(5)39(31(6)44(57)64-36)65-37-25-49(10,61-15)42(33(8)63-37)67-46(58)52-22-21-51-43(56)34-19-17-27(2)18-20-34/h17-20,28-33,35-42,45,55,60H,16,21-26H2,1-15H3,(H,51,56)(H,52,58)/t28-,29-,30+,31-,32-,33+,35+,36-,37+,38-,39+,40-,41-,42+,45+,48-,49-,50-/m1/s1. The fourth-order valence-corrected chi connectivity index (χ4v) is 10.9. The lowest BCUT2D eigenvalue weighted by molar-refractivity contribution is -0.317. The van der Waals surface area contributed by atoms with Crippen molar-refractivity contribution in [1.29, 1.82) is 0 Å². The molecule has 5 rings (SSSR count). The number of nitrogens with one attached hydrogen (secondary N) is 2. The Hall–Kier alpha value is -3.66. The Balaban J connectivity index is 1.45. The van der Waals surface area contributed by atoms with Gasteiger partial charge in [0.15, 0.2) is 30.4 Å². The van der Waals surface area contributed by atoms with Crippen LogP contribution >= 0.6 is 0 Å². The lowest BCUT2D eigenvalue weighted by atomic mass is 9.77. The molecule has 19 heteroatoms. The molecule has 0 saturated carbocycles. The van der Waals surface area contributed by atoms with Gasteiger partial charge in [-0.25, -0.2) is 9.59 Å². The van der Waals surface area contributed by atoms with E-state index in [0.717, 1.165) is 5.56 Å². The smallest absolute Gasteiger partial charge is 0.458 e. The number of carbonyl (C=O) groups is 4. The van der Waals surface area contributed by atoms with Gasteiger partial charge in [0.2, 0.25) is 0 Å². The minimum atomic E-state index is -1.62. The van der Waals surface area contributed by atoms with Crippen LogP contribution in [0.4, 0.5) is 9.59 Å². The number of benzene rings is 1. The molecule has 4 saturated heterocycles. The average molecular weight is 979 g/mol. The molecule has 0 bridgehead atoms. The third-order valence-electron chi connectivity index (χ3n) is 14.9. The molecule has 392 valence electrons. The van der Waals surface area contributed by atoms with E-state index in [4.69, 9.17) is 42.6 Å². The number of rotatable bonds is 12. The highest BCUT2D eigenvalue weighted by molar-refractivity contribution is 5.94. The summed E-state index contributed by atoms with van der Waals surface area (Å²) in [5.74, 6) is -3.00. The molecule has 4 aliphatic heterocycles. The molecule has 4 fully saturated rings. The maximum absolute atomic E-state index is 14.7. The van der Waals surface area contributed by atoms with E-state index < -0.39 is 108 Å². The molecule has 0 aromatic heterocycles. The Morgan fingerprint density at radius 1 is 0.928 bits per heavy atom. The number of cyclic esters (lactones) is 1. The first-order valence-corrected chi connectivity index (χ1v) is 24.6. The van der Waals surface area contributed by atoms with Crippen LogP contribution in [-0.2, 0) is 47.4 Å². The maximum Gasteiger partial charge on any atom is 0.509 e. The van der Waals surface area contributed by atoms with E-state index in [9.17, 15) is 29.4 Å². The van der Waals surface area contributed by atoms with E-state index in [2.05, 4.69) is 10.6 Å². The van der Waals surface area contributed by atoms with E-state index >= 15 is 0 Å². The van der Waals surface area contributed by atoms with Crippen LogP contribution in [0.5, 0.6) is 0 Å². The SMILES string of the molecule is CC[C@H]1OC(=O)[C@H](C)[C@@H](O[C@H]2C[C@@](C)(OC)[C@@H](OC(=O)NCCNC(=O)c3ccc(C)cc3)[C@H](C)O2)[C@H](C)[C@@H](O[C@@H]2O[C@H](C)C[C@H](N(C)C)[C@H]2O)[C@](C)(O)C[C@@H](C)CN(C)[C@H](C)[C@H]2OC(=O)O[C@@]21C. The van der Waals surface area contributed by atoms with E-state index in [1.807, 2.05) is 84.6 Å². The number of aryl methyl sites for hydroxylation is 1. The van der Waals surface area contributed by atoms with Gasteiger partial charge in [0.05, 0.1) is 35.9 Å². The third kappa shape index (κ3) is 13.3. The van der Waals surface area contributed by atoms with E-state index in [1.54, 1.807) is 46.8 Å². The zero-order valence-electron chi connectivity index (χ0n) is 43.5. The Morgan fingerprint density at radius 3 is 2.20 bits per heavy atom.